The van der Waals surface area contributed by atoms with Crippen molar-refractivity contribution in [3.05, 3.63) is 18.1 Å². The average Bonchev–Trinajstić information content (AvgIpc) is 3.17. The molecule has 1 fully saturated rings. The van der Waals surface area contributed by atoms with Crippen LogP contribution in [0.5, 0.6) is 0 Å². The van der Waals surface area contributed by atoms with Crippen LogP contribution >= 0.6 is 23.2 Å². The number of aromatic nitrogens is 3. The van der Waals surface area contributed by atoms with Crippen LogP contribution < -0.4 is 11.5 Å². The minimum Gasteiger partial charge on any atom is -0.387 e. The van der Waals surface area contributed by atoms with Crippen LogP contribution in [0.1, 0.15) is 16.6 Å². The second kappa shape index (κ2) is 9.35. The zero-order chi connectivity index (χ0) is 25.6. The molecular weight excluding hydrogens is 527 g/mol. The number of phosphoric ester groups is 1. The van der Waals surface area contributed by atoms with E-state index in [0.717, 1.165) is 17.1 Å². The Balaban J connectivity index is 1.78. The third-order valence-corrected chi connectivity index (χ3v) is 8.54. The molecule has 190 valence electrons. The SMILES string of the molecule is CP(=O)(O)OP(=O)(O)OP(=O)(O)OC[C@H]1O[C@@H](n2cc(C(N)=O)c3c(N)ncnc32)[C@H](O)[C@@H]1O. The van der Waals surface area contributed by atoms with E-state index in [2.05, 4.69) is 23.1 Å². The summed E-state index contributed by atoms with van der Waals surface area (Å²) >= 11 is 0. The van der Waals surface area contributed by atoms with E-state index in [0.29, 0.717) is 6.66 Å². The normalized spacial score (nSPS) is 28.3. The highest BCUT2D eigenvalue weighted by molar-refractivity contribution is 7.68. The molecule has 0 radical (unpaired) electrons. The molecule has 0 saturated carbocycles. The van der Waals surface area contributed by atoms with E-state index in [9.17, 15) is 38.5 Å². The summed E-state index contributed by atoms with van der Waals surface area (Å²) in [6, 6.07) is 0. The maximum Gasteiger partial charge on any atom is 0.488 e. The van der Waals surface area contributed by atoms with Crippen molar-refractivity contribution in [3.8, 4) is 0 Å². The van der Waals surface area contributed by atoms with Crippen molar-refractivity contribution in [2.75, 3.05) is 19.0 Å². The van der Waals surface area contributed by atoms with Crippen molar-refractivity contribution in [1.29, 1.82) is 0 Å². The molecule has 3 unspecified atom stereocenters. The number of hydrogen-bond acceptors (Lipinski definition) is 13. The van der Waals surface area contributed by atoms with Crippen LogP contribution in [-0.4, -0.2) is 76.9 Å². The number of ether oxygens (including phenoxy) is 1. The van der Waals surface area contributed by atoms with Crippen molar-refractivity contribution in [1.82, 2.24) is 14.5 Å². The van der Waals surface area contributed by atoms with Crippen LogP contribution in [0.3, 0.4) is 0 Å². The van der Waals surface area contributed by atoms with Gasteiger partial charge in [0.25, 0.3) is 5.91 Å². The number of nitrogens with two attached hydrogens (primary N) is 2. The van der Waals surface area contributed by atoms with Gasteiger partial charge in [0.15, 0.2) is 6.23 Å². The zero-order valence-corrected chi connectivity index (χ0v) is 19.7. The highest BCUT2D eigenvalue weighted by Gasteiger charge is 2.47. The van der Waals surface area contributed by atoms with Gasteiger partial charge >= 0.3 is 23.2 Å². The van der Waals surface area contributed by atoms with Crippen LogP contribution in [0.2, 0.25) is 0 Å². The number of fused-ring (bicyclic) bond motifs is 1. The third kappa shape index (κ3) is 5.88. The van der Waals surface area contributed by atoms with E-state index >= 15 is 0 Å². The number of rotatable bonds is 9. The number of aliphatic hydroxyl groups excluding tert-OH is 2. The van der Waals surface area contributed by atoms with Gasteiger partial charge in [-0.1, -0.05) is 0 Å². The lowest BCUT2D eigenvalue weighted by Gasteiger charge is -2.19. The Morgan fingerprint density at radius 3 is 2.38 bits per heavy atom. The van der Waals surface area contributed by atoms with Crippen LogP contribution in [0, 0.1) is 0 Å². The minimum absolute atomic E-state index is 0.0154. The second-order valence-corrected chi connectivity index (χ2v) is 12.1. The van der Waals surface area contributed by atoms with Gasteiger partial charge in [0.05, 0.1) is 17.6 Å². The molecule has 0 spiro atoms. The maximum atomic E-state index is 11.9. The monoisotopic (exact) mass is 547 g/mol. The van der Waals surface area contributed by atoms with Crippen LogP contribution in [0.25, 0.3) is 11.0 Å². The topological polar surface area (TPSA) is 289 Å². The number of primary amides is 1. The molecule has 9 N–H and O–H groups in total. The summed E-state index contributed by atoms with van der Waals surface area (Å²) in [5.41, 5.74) is 11.0. The van der Waals surface area contributed by atoms with Gasteiger partial charge in [-0.05, 0) is 0 Å². The molecule has 3 rings (SSSR count). The van der Waals surface area contributed by atoms with Crippen molar-refractivity contribution in [2.45, 2.75) is 24.5 Å². The third-order valence-electron chi connectivity index (χ3n) is 4.38. The Morgan fingerprint density at radius 2 is 1.79 bits per heavy atom. The number of nitrogen functional groups attached to an aromatic ring is 1. The number of anilines is 1. The largest absolute Gasteiger partial charge is 0.488 e. The lowest BCUT2D eigenvalue weighted by Crippen LogP contribution is -2.33. The first-order valence-electron chi connectivity index (χ1n) is 8.97. The number of carbonyl (C=O) groups is 1. The number of phosphoric acid groups is 2. The van der Waals surface area contributed by atoms with Gasteiger partial charge in [0, 0.05) is 12.9 Å². The number of hydrogen-bond donors (Lipinski definition) is 7. The molecule has 2 aromatic rings. The molecule has 1 aliphatic heterocycles. The predicted molar refractivity (Wildman–Crippen MR) is 110 cm³/mol. The number of aliphatic hydroxyl groups is 2. The molecule has 1 aliphatic rings. The second-order valence-electron chi connectivity index (χ2n) is 7.02. The fourth-order valence-corrected chi connectivity index (χ4v) is 6.60. The van der Waals surface area contributed by atoms with E-state index < -0.39 is 60.3 Å². The van der Waals surface area contributed by atoms with Crippen LogP contribution in [0.15, 0.2) is 12.5 Å². The quantitative estimate of drug-likeness (QED) is 0.181. The number of amides is 1. The molecular formula is C13H20N5O13P3. The zero-order valence-electron chi connectivity index (χ0n) is 17.0. The smallest absolute Gasteiger partial charge is 0.387 e. The molecule has 2 aromatic heterocycles. The highest BCUT2D eigenvalue weighted by atomic mass is 31.3. The summed E-state index contributed by atoms with van der Waals surface area (Å²) in [5.74, 6) is -0.995. The summed E-state index contributed by atoms with van der Waals surface area (Å²) in [7, 11) is -15.5. The van der Waals surface area contributed by atoms with Crippen molar-refractivity contribution in [2.24, 2.45) is 5.73 Å². The lowest BCUT2D eigenvalue weighted by molar-refractivity contribution is -0.0501. The Labute approximate surface area is 189 Å². The molecule has 1 saturated heterocycles. The summed E-state index contributed by atoms with van der Waals surface area (Å²) < 4.78 is 53.4. The van der Waals surface area contributed by atoms with E-state index in [-0.39, 0.29) is 22.4 Å². The molecule has 34 heavy (non-hydrogen) atoms. The van der Waals surface area contributed by atoms with Gasteiger partial charge in [0.2, 0.25) is 0 Å². The Kier molecular flexibility index (Phi) is 7.38. The van der Waals surface area contributed by atoms with Gasteiger partial charge in [-0.3, -0.25) is 13.9 Å². The first-order chi connectivity index (χ1) is 15.5. The van der Waals surface area contributed by atoms with Crippen molar-refractivity contribution < 1.29 is 61.3 Å². The molecule has 21 heteroatoms. The summed E-state index contributed by atoms with van der Waals surface area (Å²) in [6.45, 7) is -0.440. The summed E-state index contributed by atoms with van der Waals surface area (Å²) in [5, 5.41) is 20.8. The predicted octanol–water partition coefficient (Wildman–Crippen LogP) is -1.20. The Hall–Kier alpha value is -1.78. The first-order valence-corrected chi connectivity index (χ1v) is 14.0. The molecule has 0 aromatic carbocycles. The van der Waals surface area contributed by atoms with E-state index in [1.165, 1.54) is 0 Å². The summed E-state index contributed by atoms with van der Waals surface area (Å²) in [6.07, 6.45) is -4.13. The first kappa shape index (κ1) is 26.8. The van der Waals surface area contributed by atoms with Crippen molar-refractivity contribution in [3.63, 3.8) is 0 Å². The Bertz CT molecular complexity index is 1250. The van der Waals surface area contributed by atoms with Gasteiger partial charge in [-0.25, -0.2) is 23.4 Å². The standard InChI is InChI=1S/C13H20N5O13P3/c1-32(22,23)30-34(26,27)31-33(24,25)28-3-6-8(19)9(20)13(29-6)18-2-5(11(15)21)7-10(14)16-4-17-12(7)18/h2,4,6,8-9,13,19-20H,3H2,1H3,(H2,15,21)(H,22,23)(H,24,25)(H,26,27)(H2,14,16,17)/t6-,8-,9-,13-/m1/s1. The molecule has 7 atom stereocenters. The van der Waals surface area contributed by atoms with Gasteiger partial charge < -0.3 is 45.7 Å². The minimum atomic E-state index is -5.50. The fourth-order valence-electron chi connectivity index (χ4n) is 3.11. The summed E-state index contributed by atoms with van der Waals surface area (Å²) in [4.78, 5) is 47.4. The van der Waals surface area contributed by atoms with E-state index in [1.807, 2.05) is 0 Å². The van der Waals surface area contributed by atoms with Crippen LogP contribution in [0.4, 0.5) is 5.82 Å². The van der Waals surface area contributed by atoms with Crippen molar-refractivity contribution >= 4 is 46.0 Å². The lowest BCUT2D eigenvalue weighted by atomic mass is 10.1. The van der Waals surface area contributed by atoms with E-state index in [1.54, 1.807) is 0 Å². The van der Waals surface area contributed by atoms with E-state index in [4.69, 9.17) is 21.1 Å². The Morgan fingerprint density at radius 1 is 1.15 bits per heavy atom. The molecule has 0 bridgehead atoms. The van der Waals surface area contributed by atoms with Crippen LogP contribution in [-0.2, 0) is 31.6 Å². The maximum absolute atomic E-state index is 11.9. The number of carbonyl (C=O) groups excluding carboxylic acids is 1. The highest BCUT2D eigenvalue weighted by Crippen LogP contribution is 2.66. The molecule has 1 amide bonds. The molecule has 0 aliphatic carbocycles. The molecule has 18 nitrogen and oxygen atoms in total. The molecule has 3 heterocycles. The van der Waals surface area contributed by atoms with Gasteiger partial charge in [-0.15, -0.1) is 0 Å². The number of nitrogens with zero attached hydrogens (tertiary/aromatic N) is 3. The average molecular weight is 547 g/mol. The fraction of sp³-hybridized carbons (Fsp3) is 0.462. The van der Waals surface area contributed by atoms with Gasteiger partial charge in [-0.2, -0.15) is 4.31 Å². The van der Waals surface area contributed by atoms with Gasteiger partial charge in [0.1, 0.15) is 36.1 Å².